The van der Waals surface area contributed by atoms with Crippen LogP contribution in [0, 0.1) is 0 Å². The minimum Gasteiger partial charge on any atom is -0.472 e. The molecule has 88 valence electrons. The summed E-state index contributed by atoms with van der Waals surface area (Å²) in [6, 6.07) is 1.91. The highest BCUT2D eigenvalue weighted by molar-refractivity contribution is 5.71. The van der Waals surface area contributed by atoms with Gasteiger partial charge in [-0.2, -0.15) is 0 Å². The molecule has 0 aliphatic carbocycles. The summed E-state index contributed by atoms with van der Waals surface area (Å²) >= 11 is 0. The maximum atomic E-state index is 5.11. The van der Waals surface area contributed by atoms with E-state index in [1.807, 2.05) is 6.07 Å². The van der Waals surface area contributed by atoms with E-state index in [1.165, 1.54) is 0 Å². The van der Waals surface area contributed by atoms with Gasteiger partial charge in [-0.1, -0.05) is 0 Å². The van der Waals surface area contributed by atoms with Gasteiger partial charge in [0.2, 0.25) is 0 Å². The molecule has 5 heteroatoms. The highest BCUT2D eigenvalue weighted by Gasteiger charge is 2.17. The van der Waals surface area contributed by atoms with E-state index in [0.717, 1.165) is 43.3 Å². The molecule has 0 saturated carbocycles. The normalized spacial score (nSPS) is 16.1. The quantitative estimate of drug-likeness (QED) is 0.838. The van der Waals surface area contributed by atoms with Gasteiger partial charge >= 0.3 is 0 Å². The molecule has 2 aromatic rings. The second-order valence-corrected chi connectivity index (χ2v) is 3.98. The summed E-state index contributed by atoms with van der Waals surface area (Å²) in [5.41, 5.74) is 1.87. The zero-order chi connectivity index (χ0) is 11.5. The first-order valence-corrected chi connectivity index (χ1v) is 5.74. The topological polar surface area (TPSA) is 54.2 Å². The molecule has 5 nitrogen and oxygen atoms in total. The van der Waals surface area contributed by atoms with Crippen LogP contribution in [0.5, 0.6) is 0 Å². The van der Waals surface area contributed by atoms with Crippen molar-refractivity contribution < 1.29 is 4.42 Å². The van der Waals surface area contributed by atoms with Crippen LogP contribution >= 0.6 is 0 Å². The number of aromatic nitrogens is 2. The number of furan rings is 1. The Morgan fingerprint density at radius 2 is 2.00 bits per heavy atom. The number of hydrogen-bond acceptors (Lipinski definition) is 5. The van der Waals surface area contributed by atoms with Gasteiger partial charge in [-0.05, 0) is 6.07 Å². The van der Waals surface area contributed by atoms with Crippen LogP contribution < -0.4 is 10.2 Å². The Bertz CT molecular complexity index is 477. The number of rotatable bonds is 2. The van der Waals surface area contributed by atoms with Gasteiger partial charge in [0.1, 0.15) is 5.69 Å². The van der Waals surface area contributed by atoms with E-state index in [-0.39, 0.29) is 0 Å². The average Bonchev–Trinajstić information content (AvgIpc) is 2.94. The summed E-state index contributed by atoms with van der Waals surface area (Å²) in [6.07, 6.45) is 6.82. The number of anilines is 1. The summed E-state index contributed by atoms with van der Waals surface area (Å²) in [5, 5.41) is 3.33. The molecule has 0 spiro atoms. The van der Waals surface area contributed by atoms with Crippen LogP contribution in [0.3, 0.4) is 0 Å². The summed E-state index contributed by atoms with van der Waals surface area (Å²) in [6.45, 7) is 3.90. The van der Waals surface area contributed by atoms with Crippen molar-refractivity contribution in [1.82, 2.24) is 15.3 Å². The molecule has 1 N–H and O–H groups in total. The number of nitrogens with one attached hydrogen (secondary N) is 1. The molecule has 1 aliphatic rings. The van der Waals surface area contributed by atoms with E-state index in [9.17, 15) is 0 Å². The molecule has 0 unspecified atom stereocenters. The van der Waals surface area contributed by atoms with Gasteiger partial charge in [0.25, 0.3) is 0 Å². The highest BCUT2D eigenvalue weighted by Crippen LogP contribution is 2.26. The third-order valence-corrected chi connectivity index (χ3v) is 2.89. The fraction of sp³-hybridized carbons (Fsp3) is 0.333. The molecule has 1 fully saturated rings. The molecular formula is C12H14N4O. The van der Waals surface area contributed by atoms with Crippen molar-refractivity contribution in [2.45, 2.75) is 0 Å². The molecule has 3 rings (SSSR count). The van der Waals surface area contributed by atoms with Crippen molar-refractivity contribution in [3.05, 3.63) is 31.0 Å². The smallest absolute Gasteiger partial charge is 0.155 e. The van der Waals surface area contributed by atoms with E-state index in [1.54, 1.807) is 24.9 Å². The van der Waals surface area contributed by atoms with E-state index in [0.29, 0.717) is 0 Å². The third kappa shape index (κ3) is 2.01. The van der Waals surface area contributed by atoms with Crippen LogP contribution in [0.25, 0.3) is 11.3 Å². The predicted molar refractivity (Wildman–Crippen MR) is 64.8 cm³/mol. The van der Waals surface area contributed by atoms with Gasteiger partial charge in [0, 0.05) is 44.1 Å². The molecule has 1 saturated heterocycles. The van der Waals surface area contributed by atoms with E-state index < -0.39 is 0 Å². The first-order valence-electron chi connectivity index (χ1n) is 5.74. The van der Waals surface area contributed by atoms with Crippen molar-refractivity contribution in [3.8, 4) is 11.3 Å². The minimum absolute atomic E-state index is 0.892. The van der Waals surface area contributed by atoms with Crippen molar-refractivity contribution in [2.75, 3.05) is 31.1 Å². The van der Waals surface area contributed by atoms with Crippen LogP contribution in [-0.4, -0.2) is 36.1 Å². The second-order valence-electron chi connectivity index (χ2n) is 3.98. The van der Waals surface area contributed by atoms with Crippen molar-refractivity contribution in [3.63, 3.8) is 0 Å². The zero-order valence-corrected chi connectivity index (χ0v) is 9.47. The first kappa shape index (κ1) is 10.3. The molecule has 0 atom stereocenters. The number of nitrogens with zero attached hydrogens (tertiary/aromatic N) is 3. The number of piperazine rings is 1. The van der Waals surface area contributed by atoms with E-state index >= 15 is 0 Å². The molecule has 2 aromatic heterocycles. The average molecular weight is 230 g/mol. The monoisotopic (exact) mass is 230 g/mol. The van der Waals surface area contributed by atoms with Gasteiger partial charge < -0.3 is 14.6 Å². The van der Waals surface area contributed by atoms with E-state index in [2.05, 4.69) is 20.2 Å². The highest BCUT2D eigenvalue weighted by atomic mass is 16.3. The van der Waals surface area contributed by atoms with Gasteiger partial charge in [-0.25, -0.2) is 4.98 Å². The van der Waals surface area contributed by atoms with Gasteiger partial charge in [-0.15, -0.1) is 0 Å². The maximum absolute atomic E-state index is 5.11. The van der Waals surface area contributed by atoms with Crippen LogP contribution in [-0.2, 0) is 0 Å². The van der Waals surface area contributed by atoms with Crippen LogP contribution in [0.2, 0.25) is 0 Å². The Hall–Kier alpha value is -1.88. The fourth-order valence-electron chi connectivity index (χ4n) is 2.04. The van der Waals surface area contributed by atoms with Crippen molar-refractivity contribution in [1.29, 1.82) is 0 Å². The van der Waals surface area contributed by atoms with Gasteiger partial charge in [0.15, 0.2) is 5.82 Å². The second kappa shape index (κ2) is 4.55. The lowest BCUT2D eigenvalue weighted by Gasteiger charge is -2.29. The minimum atomic E-state index is 0.892. The Morgan fingerprint density at radius 1 is 1.18 bits per heavy atom. The molecule has 1 aliphatic heterocycles. The van der Waals surface area contributed by atoms with Gasteiger partial charge in [0.05, 0.1) is 12.5 Å². The standard InChI is InChI=1S/C12H14N4O/c1-8-17-9-10(1)11-12(15-3-2-14-11)16-6-4-13-5-7-16/h1-3,8-9,13H,4-7H2. The molecule has 0 radical (unpaired) electrons. The molecule has 17 heavy (non-hydrogen) atoms. The fourth-order valence-corrected chi connectivity index (χ4v) is 2.04. The predicted octanol–water partition coefficient (Wildman–Crippen LogP) is 1.15. The first-order chi connectivity index (χ1) is 8.45. The summed E-state index contributed by atoms with van der Waals surface area (Å²) < 4.78 is 5.11. The van der Waals surface area contributed by atoms with Crippen molar-refractivity contribution in [2.24, 2.45) is 0 Å². The third-order valence-electron chi connectivity index (χ3n) is 2.89. The Morgan fingerprint density at radius 3 is 2.76 bits per heavy atom. The molecular weight excluding hydrogens is 216 g/mol. The summed E-state index contributed by atoms with van der Waals surface area (Å²) in [4.78, 5) is 11.1. The Kier molecular flexibility index (Phi) is 2.75. The van der Waals surface area contributed by atoms with Crippen LogP contribution in [0.15, 0.2) is 35.4 Å². The Labute approximate surface area is 99.5 Å². The lowest BCUT2D eigenvalue weighted by molar-refractivity contribution is 0.567. The molecule has 0 aromatic carbocycles. The molecule has 0 amide bonds. The summed E-state index contributed by atoms with van der Waals surface area (Å²) in [5.74, 6) is 0.940. The Balaban J connectivity index is 1.98. The molecule has 3 heterocycles. The van der Waals surface area contributed by atoms with Crippen LogP contribution in [0.4, 0.5) is 5.82 Å². The zero-order valence-electron chi connectivity index (χ0n) is 9.47. The molecule has 0 bridgehead atoms. The van der Waals surface area contributed by atoms with Gasteiger partial charge in [-0.3, -0.25) is 4.98 Å². The largest absolute Gasteiger partial charge is 0.472 e. The maximum Gasteiger partial charge on any atom is 0.155 e. The lowest BCUT2D eigenvalue weighted by Crippen LogP contribution is -2.44. The SMILES string of the molecule is c1cnc(N2CCNCC2)c(-c2ccoc2)n1. The number of hydrogen-bond donors (Lipinski definition) is 1. The lowest BCUT2D eigenvalue weighted by atomic mass is 10.2. The summed E-state index contributed by atoms with van der Waals surface area (Å²) in [7, 11) is 0. The van der Waals surface area contributed by atoms with Crippen LogP contribution in [0.1, 0.15) is 0 Å². The van der Waals surface area contributed by atoms with Crippen molar-refractivity contribution >= 4 is 5.82 Å². The van der Waals surface area contributed by atoms with E-state index in [4.69, 9.17) is 4.42 Å².